The topological polar surface area (TPSA) is 173 Å². The standard InChI is InChI=1S/C6H12N2O7/c7-8-5(13)3(11)1(9)2(10)4(12)6(14)15/h1-4,9-12H,7H2,(H,8,13)(H,14,15). The molecule has 4 atom stereocenters. The third-order valence-electron chi connectivity index (χ3n) is 1.66. The first-order valence-corrected chi connectivity index (χ1v) is 3.78. The van der Waals surface area contributed by atoms with Gasteiger partial charge in [0.05, 0.1) is 0 Å². The molecule has 0 rings (SSSR count). The van der Waals surface area contributed by atoms with Crippen molar-refractivity contribution in [3.63, 3.8) is 0 Å². The first-order chi connectivity index (χ1) is 6.82. The Hall–Kier alpha value is -1.26. The fourth-order valence-electron chi connectivity index (χ4n) is 0.760. The molecular formula is C6H12N2O7. The first-order valence-electron chi connectivity index (χ1n) is 3.78. The van der Waals surface area contributed by atoms with E-state index in [9.17, 15) is 9.59 Å². The number of nitrogens with one attached hydrogen (secondary N) is 1. The van der Waals surface area contributed by atoms with Gasteiger partial charge in [0.2, 0.25) is 0 Å². The molecule has 0 aromatic heterocycles. The van der Waals surface area contributed by atoms with Crippen molar-refractivity contribution in [3.05, 3.63) is 0 Å². The van der Waals surface area contributed by atoms with Crippen molar-refractivity contribution in [2.24, 2.45) is 5.84 Å². The Bertz CT molecular complexity index is 246. The van der Waals surface area contributed by atoms with E-state index < -0.39 is 36.3 Å². The van der Waals surface area contributed by atoms with Gasteiger partial charge < -0.3 is 25.5 Å². The molecule has 9 heteroatoms. The average Bonchev–Trinajstić information content (AvgIpc) is 2.23. The number of nitrogens with two attached hydrogens (primary N) is 1. The number of aliphatic carboxylic acids is 1. The van der Waals surface area contributed by atoms with Crippen LogP contribution < -0.4 is 11.3 Å². The largest absolute Gasteiger partial charge is 0.479 e. The molecule has 0 saturated carbocycles. The molecule has 0 heterocycles. The highest BCUT2D eigenvalue weighted by molar-refractivity contribution is 5.81. The maximum Gasteiger partial charge on any atom is 0.335 e. The molecule has 4 unspecified atom stereocenters. The zero-order chi connectivity index (χ0) is 12.2. The third kappa shape index (κ3) is 3.42. The summed E-state index contributed by atoms with van der Waals surface area (Å²) < 4.78 is 0. The molecule has 0 aliphatic carbocycles. The zero-order valence-electron chi connectivity index (χ0n) is 7.44. The molecule has 15 heavy (non-hydrogen) atoms. The number of carboxylic acid groups (broad SMARTS) is 1. The Morgan fingerprint density at radius 2 is 1.40 bits per heavy atom. The van der Waals surface area contributed by atoms with Crippen LogP contribution in [0.25, 0.3) is 0 Å². The van der Waals surface area contributed by atoms with E-state index in [4.69, 9.17) is 25.5 Å². The minimum Gasteiger partial charge on any atom is -0.479 e. The molecule has 0 aliphatic heterocycles. The summed E-state index contributed by atoms with van der Waals surface area (Å²) in [5, 5.41) is 44.1. The van der Waals surface area contributed by atoms with Crippen molar-refractivity contribution in [2.75, 3.05) is 0 Å². The summed E-state index contributed by atoms with van der Waals surface area (Å²) in [6.45, 7) is 0. The number of aliphatic hydroxyl groups is 4. The monoisotopic (exact) mass is 224 g/mol. The second-order valence-corrected chi connectivity index (χ2v) is 2.72. The van der Waals surface area contributed by atoms with Crippen LogP contribution in [0.3, 0.4) is 0 Å². The van der Waals surface area contributed by atoms with Crippen LogP contribution in [-0.4, -0.2) is 61.8 Å². The Kier molecular flexibility index (Phi) is 5.11. The molecule has 8 N–H and O–H groups in total. The summed E-state index contributed by atoms with van der Waals surface area (Å²) >= 11 is 0. The van der Waals surface area contributed by atoms with E-state index >= 15 is 0 Å². The fraction of sp³-hybridized carbons (Fsp3) is 0.667. The minimum absolute atomic E-state index is 1.22. The van der Waals surface area contributed by atoms with Gasteiger partial charge in [0.25, 0.3) is 5.91 Å². The average molecular weight is 224 g/mol. The maximum absolute atomic E-state index is 10.7. The van der Waals surface area contributed by atoms with Crippen LogP contribution in [0.2, 0.25) is 0 Å². The molecule has 0 fully saturated rings. The van der Waals surface area contributed by atoms with E-state index in [0.29, 0.717) is 0 Å². The molecule has 0 spiro atoms. The molecule has 1 amide bonds. The predicted molar refractivity (Wildman–Crippen MR) is 44.0 cm³/mol. The zero-order valence-corrected chi connectivity index (χ0v) is 7.44. The highest BCUT2D eigenvalue weighted by Crippen LogP contribution is 2.05. The third-order valence-corrected chi connectivity index (χ3v) is 1.66. The van der Waals surface area contributed by atoms with Crippen LogP contribution in [0.1, 0.15) is 0 Å². The summed E-state index contributed by atoms with van der Waals surface area (Å²) in [7, 11) is 0. The minimum atomic E-state index is -2.32. The molecule has 0 bridgehead atoms. The molecular weight excluding hydrogens is 212 g/mol. The lowest BCUT2D eigenvalue weighted by atomic mass is 10.0. The van der Waals surface area contributed by atoms with E-state index in [2.05, 4.69) is 5.84 Å². The summed E-state index contributed by atoms with van der Waals surface area (Å²) in [5.74, 6) is 1.59. The SMILES string of the molecule is NNC(=O)C(O)C(O)C(O)C(O)C(=O)O. The molecule has 0 aromatic rings. The first kappa shape index (κ1) is 13.7. The quantitative estimate of drug-likeness (QED) is 0.139. The molecule has 0 aliphatic rings. The van der Waals surface area contributed by atoms with Crippen molar-refractivity contribution in [1.29, 1.82) is 0 Å². The van der Waals surface area contributed by atoms with Gasteiger partial charge in [0, 0.05) is 0 Å². The normalized spacial score (nSPS) is 18.7. The van der Waals surface area contributed by atoms with Crippen LogP contribution in [0.15, 0.2) is 0 Å². The van der Waals surface area contributed by atoms with E-state index in [0.717, 1.165) is 0 Å². The van der Waals surface area contributed by atoms with Gasteiger partial charge in [-0.05, 0) is 0 Å². The molecule has 0 saturated heterocycles. The summed E-state index contributed by atoms with van der Waals surface area (Å²) in [5.41, 5.74) is 1.48. The van der Waals surface area contributed by atoms with Gasteiger partial charge in [-0.25, -0.2) is 10.6 Å². The number of aliphatic hydroxyl groups excluding tert-OH is 4. The van der Waals surface area contributed by atoms with Gasteiger partial charge in [-0.15, -0.1) is 0 Å². The van der Waals surface area contributed by atoms with Crippen LogP contribution in [0.4, 0.5) is 0 Å². The maximum atomic E-state index is 10.7. The number of amides is 1. The van der Waals surface area contributed by atoms with Crippen LogP contribution in [0.5, 0.6) is 0 Å². The molecule has 88 valence electrons. The summed E-state index contributed by atoms with van der Waals surface area (Å²) in [6.07, 6.45) is -8.84. The van der Waals surface area contributed by atoms with E-state index in [1.54, 1.807) is 0 Å². The lowest BCUT2D eigenvalue weighted by Gasteiger charge is -2.23. The van der Waals surface area contributed by atoms with Gasteiger partial charge in [-0.1, -0.05) is 0 Å². The van der Waals surface area contributed by atoms with Gasteiger partial charge >= 0.3 is 5.97 Å². The number of carbonyl (C=O) groups is 2. The number of carboxylic acids is 1. The van der Waals surface area contributed by atoms with Crippen LogP contribution >= 0.6 is 0 Å². The Labute approximate surface area is 83.7 Å². The smallest absolute Gasteiger partial charge is 0.335 e. The highest BCUT2D eigenvalue weighted by Gasteiger charge is 2.37. The van der Waals surface area contributed by atoms with Gasteiger partial charge in [-0.2, -0.15) is 0 Å². The van der Waals surface area contributed by atoms with Gasteiger partial charge in [0.1, 0.15) is 12.2 Å². The molecule has 0 radical (unpaired) electrons. The Balaban J connectivity index is 4.49. The second-order valence-electron chi connectivity index (χ2n) is 2.72. The summed E-state index contributed by atoms with van der Waals surface area (Å²) in [4.78, 5) is 20.8. The number of hydrogen-bond acceptors (Lipinski definition) is 7. The van der Waals surface area contributed by atoms with Crippen molar-refractivity contribution in [1.82, 2.24) is 5.43 Å². The predicted octanol–water partition coefficient (Wildman–Crippen LogP) is -4.50. The van der Waals surface area contributed by atoms with Crippen LogP contribution in [-0.2, 0) is 9.59 Å². The van der Waals surface area contributed by atoms with Crippen LogP contribution in [0, 0.1) is 0 Å². The lowest BCUT2D eigenvalue weighted by Crippen LogP contribution is -2.53. The van der Waals surface area contributed by atoms with E-state index in [1.165, 1.54) is 5.43 Å². The second kappa shape index (κ2) is 5.58. The fourth-order valence-corrected chi connectivity index (χ4v) is 0.760. The number of rotatable bonds is 5. The number of hydrogen-bond donors (Lipinski definition) is 7. The number of hydrazine groups is 1. The highest BCUT2D eigenvalue weighted by atomic mass is 16.4. The van der Waals surface area contributed by atoms with E-state index in [1.807, 2.05) is 0 Å². The number of carbonyl (C=O) groups excluding carboxylic acids is 1. The van der Waals surface area contributed by atoms with Crippen molar-refractivity contribution < 1.29 is 35.1 Å². The van der Waals surface area contributed by atoms with E-state index in [-0.39, 0.29) is 0 Å². The Morgan fingerprint density at radius 1 is 1.00 bits per heavy atom. The van der Waals surface area contributed by atoms with Crippen molar-refractivity contribution in [2.45, 2.75) is 24.4 Å². The van der Waals surface area contributed by atoms with Crippen molar-refractivity contribution in [3.8, 4) is 0 Å². The van der Waals surface area contributed by atoms with Crippen molar-refractivity contribution >= 4 is 11.9 Å². The lowest BCUT2D eigenvalue weighted by molar-refractivity contribution is -0.166. The summed E-state index contributed by atoms with van der Waals surface area (Å²) in [6, 6.07) is 0. The van der Waals surface area contributed by atoms with Gasteiger partial charge in [-0.3, -0.25) is 10.2 Å². The molecule has 0 aromatic carbocycles. The molecule has 9 nitrogen and oxygen atoms in total. The van der Waals surface area contributed by atoms with Gasteiger partial charge in [0.15, 0.2) is 12.2 Å². The Morgan fingerprint density at radius 3 is 1.73 bits per heavy atom.